The molecule has 2 aromatic carbocycles. The van der Waals surface area contributed by atoms with Crippen molar-refractivity contribution in [3.63, 3.8) is 0 Å². The average Bonchev–Trinajstić information content (AvgIpc) is 2.63. The summed E-state index contributed by atoms with van der Waals surface area (Å²) in [5.41, 5.74) is 1.73. The van der Waals surface area contributed by atoms with Crippen LogP contribution in [0.3, 0.4) is 0 Å². The molecular formula is C19H20Cl2N2O. The summed E-state index contributed by atoms with van der Waals surface area (Å²) in [4.78, 5) is 14.6. The van der Waals surface area contributed by atoms with Crippen LogP contribution in [0.4, 0.5) is 0 Å². The molecule has 5 heteroatoms. The van der Waals surface area contributed by atoms with E-state index in [4.69, 9.17) is 23.2 Å². The smallest absolute Gasteiger partial charge is 0.255 e. The number of nitrogens with zero attached hydrogens (tertiary/aromatic N) is 1. The number of amides is 1. The molecule has 1 aliphatic heterocycles. The van der Waals surface area contributed by atoms with Gasteiger partial charge in [-0.2, -0.15) is 0 Å². The topological polar surface area (TPSA) is 32.3 Å². The number of carbonyl (C=O) groups is 1. The molecule has 0 saturated carbocycles. The van der Waals surface area contributed by atoms with E-state index in [9.17, 15) is 4.79 Å². The number of nitrogens with one attached hydrogen (secondary N) is 1. The van der Waals surface area contributed by atoms with Gasteiger partial charge < -0.3 is 10.2 Å². The molecule has 126 valence electrons. The minimum Gasteiger partial charge on any atom is -0.337 e. The molecule has 1 amide bonds. The molecule has 2 aromatic rings. The van der Waals surface area contributed by atoms with Gasteiger partial charge >= 0.3 is 0 Å². The summed E-state index contributed by atoms with van der Waals surface area (Å²) in [5, 5.41) is 4.30. The van der Waals surface area contributed by atoms with Crippen LogP contribution < -0.4 is 5.32 Å². The van der Waals surface area contributed by atoms with Gasteiger partial charge in [0, 0.05) is 25.7 Å². The second-order valence-corrected chi connectivity index (χ2v) is 6.84. The van der Waals surface area contributed by atoms with E-state index >= 15 is 0 Å². The second kappa shape index (κ2) is 8.02. The number of hydrogen-bond donors (Lipinski definition) is 1. The Bertz CT molecular complexity index is 706. The van der Waals surface area contributed by atoms with Gasteiger partial charge in [-0.15, -0.1) is 0 Å². The monoisotopic (exact) mass is 362 g/mol. The highest BCUT2D eigenvalue weighted by Gasteiger charge is 2.25. The van der Waals surface area contributed by atoms with Crippen LogP contribution in [0, 0.1) is 0 Å². The minimum absolute atomic E-state index is 0.0475. The van der Waals surface area contributed by atoms with Crippen molar-refractivity contribution in [2.45, 2.75) is 25.4 Å². The fourth-order valence-corrected chi connectivity index (χ4v) is 3.41. The molecule has 1 aliphatic rings. The van der Waals surface area contributed by atoms with Gasteiger partial charge in [-0.05, 0) is 30.5 Å². The first kappa shape index (κ1) is 17.3. The van der Waals surface area contributed by atoms with Crippen LogP contribution in [0.1, 0.15) is 28.8 Å². The van der Waals surface area contributed by atoms with E-state index in [1.807, 2.05) is 23.1 Å². The van der Waals surface area contributed by atoms with Gasteiger partial charge in [0.05, 0.1) is 15.6 Å². The van der Waals surface area contributed by atoms with E-state index in [0.717, 1.165) is 25.9 Å². The quantitative estimate of drug-likeness (QED) is 0.874. The van der Waals surface area contributed by atoms with Crippen molar-refractivity contribution in [2.24, 2.45) is 0 Å². The van der Waals surface area contributed by atoms with Gasteiger partial charge in [0.2, 0.25) is 0 Å². The van der Waals surface area contributed by atoms with Crippen LogP contribution in [0.15, 0.2) is 48.5 Å². The summed E-state index contributed by atoms with van der Waals surface area (Å²) >= 11 is 12.2. The average molecular weight is 363 g/mol. The Morgan fingerprint density at radius 1 is 1.12 bits per heavy atom. The molecule has 1 N–H and O–H groups in total. The van der Waals surface area contributed by atoms with Crippen molar-refractivity contribution in [2.75, 3.05) is 13.1 Å². The molecule has 0 spiro atoms. The van der Waals surface area contributed by atoms with Crippen LogP contribution in [-0.4, -0.2) is 29.9 Å². The first-order valence-corrected chi connectivity index (χ1v) is 8.91. The zero-order valence-electron chi connectivity index (χ0n) is 13.3. The normalized spacial score (nSPS) is 17.8. The lowest BCUT2D eigenvalue weighted by molar-refractivity contribution is 0.0694. The van der Waals surface area contributed by atoms with Crippen molar-refractivity contribution in [3.8, 4) is 0 Å². The standard InChI is InChI=1S/C19H20Cl2N2O/c20-17-10-4-9-16(18(17)21)19(24)23-11-5-8-15(13-23)22-12-14-6-2-1-3-7-14/h1-4,6-7,9-10,15,22H,5,8,11-13H2/t15-/m1/s1. The van der Waals surface area contributed by atoms with Crippen LogP contribution in [0.2, 0.25) is 10.0 Å². The molecular weight excluding hydrogens is 343 g/mol. The van der Waals surface area contributed by atoms with Crippen LogP contribution >= 0.6 is 23.2 Å². The Morgan fingerprint density at radius 2 is 1.92 bits per heavy atom. The summed E-state index contributed by atoms with van der Waals surface area (Å²) in [6, 6.07) is 15.8. The highest BCUT2D eigenvalue weighted by molar-refractivity contribution is 6.43. The van der Waals surface area contributed by atoms with E-state index < -0.39 is 0 Å². The van der Waals surface area contributed by atoms with E-state index in [1.165, 1.54) is 5.56 Å². The highest BCUT2D eigenvalue weighted by Crippen LogP contribution is 2.27. The number of piperidine rings is 1. The largest absolute Gasteiger partial charge is 0.337 e. The lowest BCUT2D eigenvalue weighted by Gasteiger charge is -2.33. The zero-order chi connectivity index (χ0) is 16.9. The van der Waals surface area contributed by atoms with Gasteiger partial charge in [-0.25, -0.2) is 0 Å². The zero-order valence-corrected chi connectivity index (χ0v) is 14.9. The third-order valence-electron chi connectivity index (χ3n) is 4.33. The molecule has 1 atom stereocenters. The fourth-order valence-electron chi connectivity index (χ4n) is 3.03. The second-order valence-electron chi connectivity index (χ2n) is 6.06. The van der Waals surface area contributed by atoms with Gasteiger partial charge in [0.1, 0.15) is 0 Å². The van der Waals surface area contributed by atoms with Crippen molar-refractivity contribution in [1.29, 1.82) is 0 Å². The maximum absolute atomic E-state index is 12.7. The number of benzene rings is 2. The predicted octanol–water partition coefficient (Wildman–Crippen LogP) is 4.39. The van der Waals surface area contributed by atoms with Gasteiger partial charge in [0.15, 0.2) is 0 Å². The van der Waals surface area contributed by atoms with Crippen LogP contribution in [0.5, 0.6) is 0 Å². The van der Waals surface area contributed by atoms with E-state index in [2.05, 4.69) is 17.4 Å². The van der Waals surface area contributed by atoms with Crippen LogP contribution in [-0.2, 0) is 6.54 Å². The Morgan fingerprint density at radius 3 is 2.71 bits per heavy atom. The number of likely N-dealkylation sites (tertiary alicyclic amines) is 1. The molecule has 1 fully saturated rings. The van der Waals surface area contributed by atoms with E-state index in [-0.39, 0.29) is 5.91 Å². The Balaban J connectivity index is 1.62. The summed E-state index contributed by atoms with van der Waals surface area (Å²) in [7, 11) is 0. The van der Waals surface area contributed by atoms with Gasteiger partial charge in [-0.3, -0.25) is 4.79 Å². The number of halogens is 2. The Hall–Kier alpha value is -1.55. The molecule has 0 aliphatic carbocycles. The molecule has 0 aromatic heterocycles. The number of hydrogen-bond acceptors (Lipinski definition) is 2. The highest BCUT2D eigenvalue weighted by atomic mass is 35.5. The van der Waals surface area contributed by atoms with Crippen molar-refractivity contribution in [1.82, 2.24) is 10.2 Å². The third kappa shape index (κ3) is 4.10. The van der Waals surface area contributed by atoms with E-state index in [0.29, 0.717) is 28.2 Å². The van der Waals surface area contributed by atoms with Crippen molar-refractivity contribution >= 4 is 29.1 Å². The Kier molecular flexibility index (Phi) is 5.77. The third-order valence-corrected chi connectivity index (χ3v) is 5.15. The van der Waals surface area contributed by atoms with Crippen molar-refractivity contribution in [3.05, 3.63) is 69.7 Å². The predicted molar refractivity (Wildman–Crippen MR) is 98.7 cm³/mol. The van der Waals surface area contributed by atoms with Crippen molar-refractivity contribution < 1.29 is 4.79 Å². The van der Waals surface area contributed by atoms with E-state index in [1.54, 1.807) is 18.2 Å². The number of carbonyl (C=O) groups excluding carboxylic acids is 1. The van der Waals surface area contributed by atoms with Gasteiger partial charge in [-0.1, -0.05) is 59.6 Å². The molecule has 3 rings (SSSR count). The molecule has 1 saturated heterocycles. The first-order chi connectivity index (χ1) is 11.6. The van der Waals surface area contributed by atoms with Crippen LogP contribution in [0.25, 0.3) is 0 Å². The number of rotatable bonds is 4. The minimum atomic E-state index is -0.0475. The summed E-state index contributed by atoms with van der Waals surface area (Å²) in [6.45, 7) is 2.26. The molecule has 3 nitrogen and oxygen atoms in total. The maximum atomic E-state index is 12.7. The maximum Gasteiger partial charge on any atom is 0.255 e. The Labute approximate surface area is 152 Å². The lowest BCUT2D eigenvalue weighted by Crippen LogP contribution is -2.47. The first-order valence-electron chi connectivity index (χ1n) is 8.16. The summed E-state index contributed by atoms with van der Waals surface area (Å²) < 4.78 is 0. The molecule has 0 unspecified atom stereocenters. The molecule has 24 heavy (non-hydrogen) atoms. The fraction of sp³-hybridized carbons (Fsp3) is 0.316. The molecule has 1 heterocycles. The molecule has 0 bridgehead atoms. The summed E-state index contributed by atoms with van der Waals surface area (Å²) in [6.07, 6.45) is 2.05. The lowest BCUT2D eigenvalue weighted by atomic mass is 10.0. The SMILES string of the molecule is O=C(c1cccc(Cl)c1Cl)N1CCC[C@@H](NCc2ccccc2)C1. The van der Waals surface area contributed by atoms with Gasteiger partial charge in [0.25, 0.3) is 5.91 Å². The molecule has 0 radical (unpaired) electrons. The summed E-state index contributed by atoms with van der Waals surface area (Å²) in [5.74, 6) is -0.0475.